The Kier molecular flexibility index (Phi) is 4.35. The van der Waals surface area contributed by atoms with Crippen molar-refractivity contribution in [1.29, 1.82) is 0 Å². The van der Waals surface area contributed by atoms with E-state index in [9.17, 15) is 4.79 Å². The molecule has 0 saturated carbocycles. The SMILES string of the molecule is C#CCC(N)C(=O)NCc1cscc1C. The van der Waals surface area contributed by atoms with Crippen molar-refractivity contribution in [3.63, 3.8) is 0 Å². The molecule has 0 aliphatic rings. The van der Waals surface area contributed by atoms with Gasteiger partial charge in [0.1, 0.15) is 0 Å². The van der Waals surface area contributed by atoms with E-state index in [0.717, 1.165) is 5.56 Å². The van der Waals surface area contributed by atoms with Crippen molar-refractivity contribution in [3.8, 4) is 12.3 Å². The summed E-state index contributed by atoms with van der Waals surface area (Å²) in [7, 11) is 0. The molecular formula is C11H14N2OS. The van der Waals surface area contributed by atoms with Gasteiger partial charge in [0.25, 0.3) is 0 Å². The minimum absolute atomic E-state index is 0.196. The molecule has 0 fully saturated rings. The Morgan fingerprint density at radius 1 is 1.73 bits per heavy atom. The van der Waals surface area contributed by atoms with Crippen molar-refractivity contribution in [1.82, 2.24) is 5.32 Å². The van der Waals surface area contributed by atoms with Gasteiger partial charge in [0, 0.05) is 13.0 Å². The lowest BCUT2D eigenvalue weighted by molar-refractivity contribution is -0.122. The van der Waals surface area contributed by atoms with Crippen molar-refractivity contribution >= 4 is 17.2 Å². The molecular weight excluding hydrogens is 208 g/mol. The Morgan fingerprint density at radius 2 is 2.47 bits per heavy atom. The van der Waals surface area contributed by atoms with Crippen LogP contribution in [0.3, 0.4) is 0 Å². The van der Waals surface area contributed by atoms with Crippen LogP contribution in [0.15, 0.2) is 10.8 Å². The summed E-state index contributed by atoms with van der Waals surface area (Å²) >= 11 is 1.62. The lowest BCUT2D eigenvalue weighted by Crippen LogP contribution is -2.39. The molecule has 80 valence electrons. The van der Waals surface area contributed by atoms with Crippen LogP contribution < -0.4 is 11.1 Å². The van der Waals surface area contributed by atoms with Crippen LogP contribution >= 0.6 is 11.3 Å². The highest BCUT2D eigenvalue weighted by molar-refractivity contribution is 7.08. The maximum Gasteiger partial charge on any atom is 0.238 e. The Bertz CT molecular complexity index is 378. The highest BCUT2D eigenvalue weighted by Gasteiger charge is 2.11. The topological polar surface area (TPSA) is 55.1 Å². The molecule has 1 atom stereocenters. The summed E-state index contributed by atoms with van der Waals surface area (Å²) in [4.78, 5) is 11.4. The summed E-state index contributed by atoms with van der Waals surface area (Å²) in [6.45, 7) is 2.53. The molecule has 0 spiro atoms. The van der Waals surface area contributed by atoms with E-state index in [-0.39, 0.29) is 12.3 Å². The summed E-state index contributed by atoms with van der Waals surface area (Å²) in [6, 6.07) is -0.603. The first-order chi connectivity index (χ1) is 7.15. The summed E-state index contributed by atoms with van der Waals surface area (Å²) < 4.78 is 0. The number of nitrogens with two attached hydrogens (primary N) is 1. The number of amides is 1. The predicted molar refractivity (Wildman–Crippen MR) is 62.3 cm³/mol. The fraction of sp³-hybridized carbons (Fsp3) is 0.364. The predicted octanol–water partition coefficient (Wildman–Crippen LogP) is 1.02. The van der Waals surface area contributed by atoms with Gasteiger partial charge in [-0.1, -0.05) is 0 Å². The summed E-state index contributed by atoms with van der Waals surface area (Å²) in [5.74, 6) is 2.17. The molecule has 3 nitrogen and oxygen atoms in total. The summed E-state index contributed by atoms with van der Waals surface area (Å²) in [6.07, 6.45) is 5.35. The highest BCUT2D eigenvalue weighted by atomic mass is 32.1. The standard InChI is InChI=1S/C11H14N2OS/c1-3-4-10(12)11(14)13-5-9-7-15-6-8(9)2/h1,6-7,10H,4-5,12H2,2H3,(H,13,14). The quantitative estimate of drug-likeness (QED) is 0.747. The van der Waals surface area contributed by atoms with Gasteiger partial charge in [0.2, 0.25) is 5.91 Å². The van der Waals surface area contributed by atoms with Gasteiger partial charge in [-0.05, 0) is 28.8 Å². The van der Waals surface area contributed by atoms with Crippen LogP contribution in [0.2, 0.25) is 0 Å². The molecule has 0 aromatic carbocycles. The van der Waals surface area contributed by atoms with E-state index >= 15 is 0 Å². The number of carbonyl (C=O) groups excluding carboxylic acids is 1. The second kappa shape index (κ2) is 5.54. The second-order valence-electron chi connectivity index (χ2n) is 3.31. The summed E-state index contributed by atoms with van der Waals surface area (Å²) in [5.41, 5.74) is 7.87. The molecule has 1 heterocycles. The number of hydrogen-bond acceptors (Lipinski definition) is 3. The Morgan fingerprint density at radius 3 is 3.00 bits per heavy atom. The molecule has 0 saturated heterocycles. The third-order valence-electron chi connectivity index (χ3n) is 2.09. The minimum Gasteiger partial charge on any atom is -0.351 e. The van der Waals surface area contributed by atoms with Crippen LogP contribution in [0.1, 0.15) is 17.5 Å². The van der Waals surface area contributed by atoms with Gasteiger partial charge < -0.3 is 11.1 Å². The second-order valence-corrected chi connectivity index (χ2v) is 4.06. The number of aryl methyl sites for hydroxylation is 1. The zero-order chi connectivity index (χ0) is 11.3. The van der Waals surface area contributed by atoms with Gasteiger partial charge >= 0.3 is 0 Å². The Balaban J connectivity index is 2.41. The van der Waals surface area contributed by atoms with Crippen molar-refractivity contribution in [2.75, 3.05) is 0 Å². The fourth-order valence-electron chi connectivity index (χ4n) is 1.10. The van der Waals surface area contributed by atoms with Gasteiger partial charge in [0.05, 0.1) is 6.04 Å². The molecule has 0 aliphatic heterocycles. The van der Waals surface area contributed by atoms with Gasteiger partial charge in [0.15, 0.2) is 0 Å². The molecule has 1 aromatic rings. The molecule has 4 heteroatoms. The first-order valence-electron chi connectivity index (χ1n) is 4.63. The lowest BCUT2D eigenvalue weighted by Gasteiger charge is -2.09. The van der Waals surface area contributed by atoms with Crippen LogP contribution in [0.5, 0.6) is 0 Å². The van der Waals surface area contributed by atoms with Crippen LogP contribution in [0.25, 0.3) is 0 Å². The first kappa shape index (κ1) is 11.8. The smallest absolute Gasteiger partial charge is 0.238 e. The minimum atomic E-state index is -0.603. The van der Waals surface area contributed by atoms with Crippen LogP contribution in [0.4, 0.5) is 0 Å². The molecule has 1 rings (SSSR count). The molecule has 15 heavy (non-hydrogen) atoms. The zero-order valence-corrected chi connectivity index (χ0v) is 9.43. The van der Waals surface area contributed by atoms with Crippen LogP contribution in [-0.4, -0.2) is 11.9 Å². The molecule has 1 unspecified atom stereocenters. The third-order valence-corrected chi connectivity index (χ3v) is 3.00. The number of nitrogens with one attached hydrogen (secondary N) is 1. The molecule has 1 aromatic heterocycles. The van der Waals surface area contributed by atoms with E-state index in [0.29, 0.717) is 6.54 Å². The third kappa shape index (κ3) is 3.39. The average molecular weight is 222 g/mol. The van der Waals surface area contributed by atoms with E-state index in [1.807, 2.05) is 17.7 Å². The van der Waals surface area contributed by atoms with Gasteiger partial charge in [-0.25, -0.2) is 0 Å². The number of thiophene rings is 1. The molecule has 1 amide bonds. The van der Waals surface area contributed by atoms with Crippen LogP contribution in [-0.2, 0) is 11.3 Å². The van der Waals surface area contributed by atoms with Gasteiger partial charge in [-0.2, -0.15) is 11.3 Å². The van der Waals surface area contributed by atoms with E-state index in [4.69, 9.17) is 12.2 Å². The maximum atomic E-state index is 11.4. The average Bonchev–Trinajstić information content (AvgIpc) is 2.61. The number of hydrogen-bond donors (Lipinski definition) is 2. The summed E-state index contributed by atoms with van der Waals surface area (Å²) in [5, 5.41) is 6.82. The zero-order valence-electron chi connectivity index (χ0n) is 8.62. The molecule has 0 bridgehead atoms. The van der Waals surface area contributed by atoms with E-state index in [1.165, 1.54) is 5.56 Å². The Hall–Kier alpha value is -1.31. The van der Waals surface area contributed by atoms with Crippen molar-refractivity contribution in [3.05, 3.63) is 21.9 Å². The largest absolute Gasteiger partial charge is 0.351 e. The first-order valence-corrected chi connectivity index (χ1v) is 5.58. The maximum absolute atomic E-state index is 11.4. The van der Waals surface area contributed by atoms with Crippen LogP contribution in [0, 0.1) is 19.3 Å². The number of carbonyl (C=O) groups is 1. The lowest BCUT2D eigenvalue weighted by atomic mass is 10.2. The van der Waals surface area contributed by atoms with Crippen molar-refractivity contribution < 1.29 is 4.79 Å². The fourth-order valence-corrected chi connectivity index (χ4v) is 1.96. The van der Waals surface area contributed by atoms with Gasteiger partial charge in [-0.3, -0.25) is 4.79 Å². The normalized spacial score (nSPS) is 11.8. The van der Waals surface area contributed by atoms with Crippen molar-refractivity contribution in [2.24, 2.45) is 5.73 Å². The van der Waals surface area contributed by atoms with Gasteiger partial charge in [-0.15, -0.1) is 12.3 Å². The number of terminal acetylenes is 1. The molecule has 0 aliphatic carbocycles. The molecule has 0 radical (unpaired) electrons. The molecule has 3 N–H and O–H groups in total. The number of rotatable bonds is 4. The highest BCUT2D eigenvalue weighted by Crippen LogP contribution is 2.12. The van der Waals surface area contributed by atoms with E-state index in [1.54, 1.807) is 11.3 Å². The van der Waals surface area contributed by atoms with E-state index < -0.39 is 6.04 Å². The Labute approximate surface area is 93.7 Å². The van der Waals surface area contributed by atoms with E-state index in [2.05, 4.69) is 11.2 Å². The van der Waals surface area contributed by atoms with Crippen molar-refractivity contribution in [2.45, 2.75) is 25.9 Å². The monoisotopic (exact) mass is 222 g/mol.